The average Bonchev–Trinajstić information content (AvgIpc) is 3.63. The lowest BCUT2D eigenvalue weighted by molar-refractivity contribution is -0.173. The summed E-state index contributed by atoms with van der Waals surface area (Å²) in [5.74, 6) is 0.884. The van der Waals surface area contributed by atoms with Crippen molar-refractivity contribution in [2.24, 2.45) is 5.92 Å². The van der Waals surface area contributed by atoms with E-state index in [0.29, 0.717) is 30.1 Å². The highest BCUT2D eigenvalue weighted by molar-refractivity contribution is 6.10. The van der Waals surface area contributed by atoms with Crippen molar-refractivity contribution >= 4 is 5.78 Å². The van der Waals surface area contributed by atoms with Crippen LogP contribution in [0.1, 0.15) is 63.7 Å². The molecule has 3 N–H and O–H groups in total. The summed E-state index contributed by atoms with van der Waals surface area (Å²) in [5, 5.41) is 33.8. The number of para-hydroxylation sites is 1. The molecule has 1 saturated heterocycles. The summed E-state index contributed by atoms with van der Waals surface area (Å²) in [4.78, 5) is 20.5. The maximum absolute atomic E-state index is 13.3. The number of benzene rings is 2. The number of aliphatic hydroxyl groups is 1. The minimum absolute atomic E-state index is 0.0714. The first-order valence-corrected chi connectivity index (χ1v) is 13.2. The van der Waals surface area contributed by atoms with Gasteiger partial charge in [0, 0.05) is 36.3 Å². The van der Waals surface area contributed by atoms with E-state index in [2.05, 4.69) is 4.90 Å². The van der Waals surface area contributed by atoms with Crippen molar-refractivity contribution in [1.82, 2.24) is 9.88 Å². The van der Waals surface area contributed by atoms with Crippen LogP contribution in [0.3, 0.4) is 0 Å². The van der Waals surface area contributed by atoms with E-state index in [9.17, 15) is 20.1 Å². The van der Waals surface area contributed by atoms with Gasteiger partial charge in [0.1, 0.15) is 5.75 Å². The zero-order valence-corrected chi connectivity index (χ0v) is 20.4. The topological polar surface area (TPSA) is 103 Å². The molecule has 188 valence electrons. The smallest absolute Gasteiger partial charge is 0.198 e. The summed E-state index contributed by atoms with van der Waals surface area (Å²) in [7, 11) is 0. The van der Waals surface area contributed by atoms with Gasteiger partial charge in [-0.15, -0.1) is 0 Å². The molecule has 1 aromatic heterocycles. The van der Waals surface area contributed by atoms with Crippen LogP contribution in [0, 0.1) is 5.92 Å². The molecule has 0 unspecified atom stereocenters. The molecule has 7 heteroatoms. The Morgan fingerprint density at radius 3 is 2.76 bits per heavy atom. The van der Waals surface area contributed by atoms with Crippen molar-refractivity contribution in [1.29, 1.82) is 0 Å². The average molecular weight is 497 g/mol. The van der Waals surface area contributed by atoms with Crippen molar-refractivity contribution in [3.8, 4) is 17.2 Å². The lowest BCUT2D eigenvalue weighted by Crippen LogP contribution is -2.74. The molecule has 2 fully saturated rings. The highest BCUT2D eigenvalue weighted by Gasteiger charge is 2.72. The third-order valence-electron chi connectivity index (χ3n) is 9.63. The lowest BCUT2D eigenvalue weighted by atomic mass is 9.49. The molecule has 5 aliphatic rings. The summed E-state index contributed by atoms with van der Waals surface area (Å²) in [5.41, 5.74) is 2.37. The number of likely N-dealkylation sites (tertiary alicyclic amines) is 1. The number of carbonyl (C=O) groups excluding carboxylic acids is 1. The third-order valence-corrected chi connectivity index (χ3v) is 9.63. The van der Waals surface area contributed by atoms with Crippen molar-refractivity contribution in [2.75, 3.05) is 13.1 Å². The molecule has 3 heterocycles. The number of aromatic hydroxyl groups is 2. The van der Waals surface area contributed by atoms with Crippen LogP contribution in [0.5, 0.6) is 17.2 Å². The molecule has 2 aliphatic heterocycles. The van der Waals surface area contributed by atoms with Crippen LogP contribution in [0.4, 0.5) is 0 Å². The zero-order valence-electron chi connectivity index (χ0n) is 20.4. The summed E-state index contributed by atoms with van der Waals surface area (Å²) < 4.78 is 6.52. The monoisotopic (exact) mass is 496 g/mol. The predicted molar refractivity (Wildman–Crippen MR) is 134 cm³/mol. The number of carbonyl (C=O) groups is 1. The fraction of sp³-hybridized carbons (Fsp3) is 0.400. The van der Waals surface area contributed by atoms with Gasteiger partial charge in [0.2, 0.25) is 0 Å². The molecular weight excluding hydrogens is 468 g/mol. The second-order valence-electron chi connectivity index (χ2n) is 11.5. The number of fused-ring (bicyclic) bond motifs is 2. The van der Waals surface area contributed by atoms with Gasteiger partial charge in [-0.3, -0.25) is 14.7 Å². The first kappa shape index (κ1) is 21.6. The van der Waals surface area contributed by atoms with Gasteiger partial charge in [0.25, 0.3) is 0 Å². The van der Waals surface area contributed by atoms with Gasteiger partial charge < -0.3 is 20.1 Å². The number of ketones is 1. The zero-order chi connectivity index (χ0) is 25.1. The molecule has 1 spiro atoms. The van der Waals surface area contributed by atoms with Crippen LogP contribution in [0.2, 0.25) is 0 Å². The Labute approximate surface area is 214 Å². The Kier molecular flexibility index (Phi) is 4.16. The van der Waals surface area contributed by atoms with E-state index in [4.69, 9.17) is 9.72 Å². The number of ether oxygens (including phenoxy) is 1. The van der Waals surface area contributed by atoms with E-state index in [0.717, 1.165) is 41.9 Å². The number of pyridine rings is 1. The molecule has 2 aromatic carbocycles. The number of hydrogen-bond donors (Lipinski definition) is 3. The van der Waals surface area contributed by atoms with E-state index < -0.39 is 17.1 Å². The van der Waals surface area contributed by atoms with E-state index in [1.165, 1.54) is 18.9 Å². The van der Waals surface area contributed by atoms with Crippen molar-refractivity contribution in [3.63, 3.8) is 0 Å². The van der Waals surface area contributed by atoms with Gasteiger partial charge >= 0.3 is 0 Å². The molecule has 0 amide bonds. The maximum Gasteiger partial charge on any atom is 0.198 e. The second kappa shape index (κ2) is 7.11. The maximum atomic E-state index is 13.3. The normalized spacial score (nSPS) is 30.8. The van der Waals surface area contributed by atoms with E-state index in [1.54, 1.807) is 30.5 Å². The standard InChI is InChI=1S/C30H28N2O5/c33-21-4-2-1-3-20(21)26(35)19-11-18-13-30(36)23-12-17-7-8-22(34)27-24(17)29(30,28(37-27)25(18)31-14-19)9-10-32(23)15-16-5-6-16/h1-4,7-8,11,14,16,23,28,33-34,36H,5-6,9-10,12-13,15H2/t23-,28+,29+,30-/m1/s1. The van der Waals surface area contributed by atoms with Crippen molar-refractivity contribution in [2.45, 2.75) is 55.3 Å². The van der Waals surface area contributed by atoms with Crippen LogP contribution in [-0.4, -0.2) is 55.7 Å². The number of aromatic nitrogens is 1. The van der Waals surface area contributed by atoms with E-state index in [1.807, 2.05) is 12.1 Å². The van der Waals surface area contributed by atoms with Gasteiger partial charge in [-0.25, -0.2) is 0 Å². The number of phenolic OH excluding ortho intramolecular Hbond substituents is 2. The summed E-state index contributed by atoms with van der Waals surface area (Å²) in [6.45, 7) is 1.86. The van der Waals surface area contributed by atoms with Crippen LogP contribution >= 0.6 is 0 Å². The minimum atomic E-state index is -1.12. The summed E-state index contributed by atoms with van der Waals surface area (Å²) in [6, 6.07) is 11.9. The first-order chi connectivity index (χ1) is 17.9. The highest BCUT2D eigenvalue weighted by Crippen LogP contribution is 2.68. The third kappa shape index (κ3) is 2.68. The van der Waals surface area contributed by atoms with E-state index >= 15 is 0 Å². The fourth-order valence-electron chi connectivity index (χ4n) is 7.79. The molecule has 4 atom stereocenters. The first-order valence-electron chi connectivity index (χ1n) is 13.2. The SMILES string of the molecule is O=C(c1cnc2c(c1)C[C@@]1(O)[C@H]3Cc4ccc(O)c5c4[C@@]1(CCN3CC1CC1)[C@H]2O5)c1ccccc1O. The molecule has 7 nitrogen and oxygen atoms in total. The Bertz CT molecular complexity index is 1500. The number of nitrogens with zero attached hydrogens (tertiary/aromatic N) is 2. The number of phenols is 2. The van der Waals surface area contributed by atoms with Gasteiger partial charge in [0.05, 0.1) is 22.3 Å². The van der Waals surface area contributed by atoms with Gasteiger partial charge in [0.15, 0.2) is 23.4 Å². The quantitative estimate of drug-likeness (QED) is 0.476. The van der Waals surface area contributed by atoms with Crippen LogP contribution in [0.25, 0.3) is 0 Å². The minimum Gasteiger partial charge on any atom is -0.507 e. The number of hydrogen-bond acceptors (Lipinski definition) is 7. The molecule has 3 aliphatic carbocycles. The molecule has 3 aromatic rings. The Balaban J connectivity index is 1.30. The summed E-state index contributed by atoms with van der Waals surface area (Å²) >= 11 is 0. The number of piperidine rings is 1. The van der Waals surface area contributed by atoms with Crippen molar-refractivity contribution < 1.29 is 24.9 Å². The van der Waals surface area contributed by atoms with Crippen LogP contribution in [-0.2, 0) is 18.3 Å². The fourth-order valence-corrected chi connectivity index (χ4v) is 7.79. The Hall–Kier alpha value is -3.42. The molecule has 1 saturated carbocycles. The summed E-state index contributed by atoms with van der Waals surface area (Å²) in [6.07, 6.45) is 5.28. The molecule has 37 heavy (non-hydrogen) atoms. The second-order valence-corrected chi connectivity index (χ2v) is 11.5. The molecular formula is C30H28N2O5. The van der Waals surface area contributed by atoms with Crippen molar-refractivity contribution in [3.05, 3.63) is 82.2 Å². The lowest BCUT2D eigenvalue weighted by Gasteiger charge is -2.63. The highest BCUT2D eigenvalue weighted by atomic mass is 16.5. The van der Waals surface area contributed by atoms with Crippen LogP contribution in [0.15, 0.2) is 48.7 Å². The van der Waals surface area contributed by atoms with Gasteiger partial charge in [-0.2, -0.15) is 0 Å². The Morgan fingerprint density at radius 2 is 1.95 bits per heavy atom. The van der Waals surface area contributed by atoms with Crippen LogP contribution < -0.4 is 4.74 Å². The molecule has 8 rings (SSSR count). The predicted octanol–water partition coefficient (Wildman–Crippen LogP) is 3.42. The largest absolute Gasteiger partial charge is 0.507 e. The molecule has 0 radical (unpaired) electrons. The van der Waals surface area contributed by atoms with E-state index in [-0.39, 0.29) is 28.9 Å². The van der Waals surface area contributed by atoms with Gasteiger partial charge in [-0.1, -0.05) is 18.2 Å². The number of rotatable bonds is 4. The van der Waals surface area contributed by atoms with Gasteiger partial charge in [-0.05, 0) is 73.5 Å². The Morgan fingerprint density at radius 1 is 1.11 bits per heavy atom. The molecule has 2 bridgehead atoms.